The number of amides is 2. The first-order chi connectivity index (χ1) is 14.1. The quantitative estimate of drug-likeness (QED) is 0.854. The van der Waals surface area contributed by atoms with E-state index in [1.54, 1.807) is 23.1 Å². The molecule has 2 aliphatic rings. The first-order valence-corrected chi connectivity index (χ1v) is 10.2. The summed E-state index contributed by atoms with van der Waals surface area (Å²) in [6, 6.07) is 13.3. The summed E-state index contributed by atoms with van der Waals surface area (Å²) in [6.45, 7) is 1.85. The van der Waals surface area contributed by atoms with Gasteiger partial charge in [-0.3, -0.25) is 9.59 Å². The van der Waals surface area contributed by atoms with E-state index in [2.05, 4.69) is 5.32 Å². The van der Waals surface area contributed by atoms with Crippen LogP contribution in [0.2, 0.25) is 0 Å². The molecule has 2 aromatic carbocycles. The Balaban J connectivity index is 1.41. The largest absolute Gasteiger partial charge is 0.381 e. The summed E-state index contributed by atoms with van der Waals surface area (Å²) in [5.74, 6) is -0.396. The van der Waals surface area contributed by atoms with Gasteiger partial charge >= 0.3 is 0 Å². The van der Waals surface area contributed by atoms with Gasteiger partial charge in [-0.05, 0) is 61.1 Å². The molecule has 0 bridgehead atoms. The van der Waals surface area contributed by atoms with E-state index in [-0.39, 0.29) is 23.5 Å². The van der Waals surface area contributed by atoms with Crippen LogP contribution in [0.5, 0.6) is 0 Å². The third-order valence-corrected chi connectivity index (χ3v) is 5.72. The molecule has 0 saturated carbocycles. The number of benzene rings is 2. The van der Waals surface area contributed by atoms with Gasteiger partial charge in [0.1, 0.15) is 11.9 Å². The molecule has 2 saturated heterocycles. The van der Waals surface area contributed by atoms with Crippen LogP contribution in [0.25, 0.3) is 11.1 Å². The number of halogens is 1. The Morgan fingerprint density at radius 3 is 2.48 bits per heavy atom. The van der Waals surface area contributed by atoms with Gasteiger partial charge in [0.15, 0.2) is 0 Å². The van der Waals surface area contributed by atoms with Crippen molar-refractivity contribution in [3.8, 4) is 11.1 Å². The third kappa shape index (κ3) is 4.48. The fourth-order valence-corrected chi connectivity index (χ4v) is 4.12. The lowest BCUT2D eigenvalue weighted by molar-refractivity contribution is -0.142. The summed E-state index contributed by atoms with van der Waals surface area (Å²) in [5, 5.41) is 2.93. The number of ether oxygens (including phenoxy) is 1. The molecule has 0 aliphatic carbocycles. The molecule has 0 aromatic heterocycles. The predicted molar refractivity (Wildman–Crippen MR) is 109 cm³/mol. The number of carbonyl (C=O) groups excluding carboxylic acids is 2. The minimum Gasteiger partial charge on any atom is -0.381 e. The Hall–Kier alpha value is -2.73. The molecule has 2 amide bonds. The Labute approximate surface area is 169 Å². The number of nitrogens with one attached hydrogen (secondary N) is 1. The van der Waals surface area contributed by atoms with Crippen molar-refractivity contribution in [3.63, 3.8) is 0 Å². The van der Waals surface area contributed by atoms with E-state index in [9.17, 15) is 14.0 Å². The lowest BCUT2D eigenvalue weighted by atomic mass is 9.98. The maximum Gasteiger partial charge on any atom is 0.247 e. The Kier molecular flexibility index (Phi) is 5.90. The van der Waals surface area contributed by atoms with Crippen LogP contribution in [-0.2, 0) is 14.3 Å². The minimum absolute atomic E-state index is 0.0392. The molecule has 6 heteroatoms. The van der Waals surface area contributed by atoms with Gasteiger partial charge < -0.3 is 15.0 Å². The highest BCUT2D eigenvalue weighted by molar-refractivity contribution is 5.98. The van der Waals surface area contributed by atoms with Gasteiger partial charge in [-0.2, -0.15) is 0 Å². The number of likely N-dealkylation sites (tertiary alicyclic amines) is 1. The molecular weight excluding hydrogens is 371 g/mol. The van der Waals surface area contributed by atoms with Crippen LogP contribution in [0, 0.1) is 11.7 Å². The van der Waals surface area contributed by atoms with Crippen molar-refractivity contribution in [2.45, 2.75) is 31.7 Å². The van der Waals surface area contributed by atoms with Crippen molar-refractivity contribution in [1.29, 1.82) is 0 Å². The van der Waals surface area contributed by atoms with E-state index < -0.39 is 6.04 Å². The maximum atomic E-state index is 13.4. The van der Waals surface area contributed by atoms with Crippen molar-refractivity contribution in [2.75, 3.05) is 25.1 Å². The SMILES string of the molecule is O=C(Nc1ccc(-c2cccc(F)c2)cc1)[C@H]1CCCN1C(=O)C1CCOCC1. The van der Waals surface area contributed by atoms with Gasteiger partial charge in [0.2, 0.25) is 11.8 Å². The summed E-state index contributed by atoms with van der Waals surface area (Å²) in [4.78, 5) is 27.4. The van der Waals surface area contributed by atoms with E-state index in [1.807, 2.05) is 18.2 Å². The van der Waals surface area contributed by atoms with Crippen molar-refractivity contribution in [3.05, 3.63) is 54.3 Å². The van der Waals surface area contributed by atoms with E-state index >= 15 is 0 Å². The maximum absolute atomic E-state index is 13.4. The van der Waals surface area contributed by atoms with Crippen molar-refractivity contribution >= 4 is 17.5 Å². The molecule has 1 atom stereocenters. The van der Waals surface area contributed by atoms with Crippen molar-refractivity contribution in [2.24, 2.45) is 5.92 Å². The zero-order chi connectivity index (χ0) is 20.2. The lowest BCUT2D eigenvalue weighted by Crippen LogP contribution is -2.46. The number of carbonyl (C=O) groups is 2. The second-order valence-corrected chi connectivity index (χ2v) is 7.65. The average Bonchev–Trinajstić information content (AvgIpc) is 3.24. The normalized spacial score (nSPS) is 19.9. The first kappa shape index (κ1) is 19.6. The first-order valence-electron chi connectivity index (χ1n) is 10.2. The smallest absolute Gasteiger partial charge is 0.247 e. The van der Waals surface area contributed by atoms with E-state index in [4.69, 9.17) is 4.74 Å². The van der Waals surface area contributed by atoms with Crippen molar-refractivity contribution in [1.82, 2.24) is 4.90 Å². The number of hydrogen-bond acceptors (Lipinski definition) is 3. The molecule has 0 unspecified atom stereocenters. The molecule has 1 N–H and O–H groups in total. The van der Waals surface area contributed by atoms with Crippen LogP contribution in [0.4, 0.5) is 10.1 Å². The average molecular weight is 396 g/mol. The van der Waals surface area contributed by atoms with Gasteiger partial charge in [-0.25, -0.2) is 4.39 Å². The molecule has 4 rings (SSSR count). The lowest BCUT2D eigenvalue weighted by Gasteiger charge is -2.30. The molecule has 0 radical (unpaired) electrons. The topological polar surface area (TPSA) is 58.6 Å². The van der Waals surface area contributed by atoms with Crippen LogP contribution in [0.1, 0.15) is 25.7 Å². The molecular formula is C23H25FN2O3. The highest BCUT2D eigenvalue weighted by Crippen LogP contribution is 2.26. The van der Waals surface area contributed by atoms with Crippen LogP contribution in [-0.4, -0.2) is 42.5 Å². The summed E-state index contributed by atoms with van der Waals surface area (Å²) in [5.41, 5.74) is 2.33. The molecule has 0 spiro atoms. The second-order valence-electron chi connectivity index (χ2n) is 7.65. The molecule has 2 heterocycles. The number of anilines is 1. The van der Waals surface area contributed by atoms with Crippen molar-refractivity contribution < 1.29 is 18.7 Å². The number of rotatable bonds is 4. The fourth-order valence-electron chi connectivity index (χ4n) is 4.12. The molecule has 2 aliphatic heterocycles. The summed E-state index contributed by atoms with van der Waals surface area (Å²) >= 11 is 0. The molecule has 5 nitrogen and oxygen atoms in total. The van der Waals surface area contributed by atoms with Gasteiger partial charge in [0.05, 0.1) is 0 Å². The van der Waals surface area contributed by atoms with Gasteiger partial charge in [-0.15, -0.1) is 0 Å². The van der Waals surface area contributed by atoms with E-state index in [1.165, 1.54) is 12.1 Å². The summed E-state index contributed by atoms with van der Waals surface area (Å²) in [6.07, 6.45) is 2.98. The Morgan fingerprint density at radius 1 is 1.00 bits per heavy atom. The van der Waals surface area contributed by atoms with E-state index in [0.717, 1.165) is 30.4 Å². The minimum atomic E-state index is -0.423. The van der Waals surface area contributed by atoms with Gasteiger partial charge in [-0.1, -0.05) is 24.3 Å². The molecule has 2 aromatic rings. The highest BCUT2D eigenvalue weighted by Gasteiger charge is 2.37. The van der Waals surface area contributed by atoms with E-state index in [0.29, 0.717) is 31.9 Å². The second kappa shape index (κ2) is 8.74. The summed E-state index contributed by atoms with van der Waals surface area (Å²) in [7, 11) is 0. The zero-order valence-electron chi connectivity index (χ0n) is 16.3. The van der Waals surface area contributed by atoms with Gasteiger partial charge in [0.25, 0.3) is 0 Å². The van der Waals surface area contributed by atoms with Crippen LogP contribution in [0.3, 0.4) is 0 Å². The number of nitrogens with zero attached hydrogens (tertiary/aromatic N) is 1. The fraction of sp³-hybridized carbons (Fsp3) is 0.391. The highest BCUT2D eigenvalue weighted by atomic mass is 19.1. The molecule has 29 heavy (non-hydrogen) atoms. The standard InChI is InChI=1S/C23H25FN2O3/c24-19-4-1-3-18(15-19)16-6-8-20(9-7-16)25-22(27)21-5-2-12-26(21)23(28)17-10-13-29-14-11-17/h1,3-4,6-9,15,17,21H,2,5,10-14H2,(H,25,27)/t21-/m1/s1. The molecule has 2 fully saturated rings. The number of hydrogen-bond donors (Lipinski definition) is 1. The monoisotopic (exact) mass is 396 g/mol. The predicted octanol–water partition coefficient (Wildman–Crippen LogP) is 3.85. The third-order valence-electron chi connectivity index (χ3n) is 5.72. The molecule has 152 valence electrons. The van der Waals surface area contributed by atoms with Crippen LogP contribution >= 0.6 is 0 Å². The zero-order valence-corrected chi connectivity index (χ0v) is 16.3. The Bertz CT molecular complexity index is 878. The van der Waals surface area contributed by atoms with Gasteiger partial charge in [0, 0.05) is 31.4 Å². The van der Waals surface area contributed by atoms with Crippen LogP contribution in [0.15, 0.2) is 48.5 Å². The summed E-state index contributed by atoms with van der Waals surface area (Å²) < 4.78 is 18.8. The van der Waals surface area contributed by atoms with Crippen LogP contribution < -0.4 is 5.32 Å². The Morgan fingerprint density at radius 2 is 1.76 bits per heavy atom.